The van der Waals surface area contributed by atoms with Crippen molar-refractivity contribution in [2.45, 2.75) is 13.8 Å². The summed E-state index contributed by atoms with van der Waals surface area (Å²) in [6.07, 6.45) is 1.83. The number of nitrogens with zero attached hydrogens (tertiary/aromatic N) is 1. The Morgan fingerprint density at radius 2 is 2.38 bits per heavy atom. The molecule has 0 saturated carbocycles. The molecule has 0 spiro atoms. The van der Waals surface area contributed by atoms with Gasteiger partial charge in [-0.25, -0.2) is 4.99 Å². The highest BCUT2D eigenvalue weighted by Gasteiger charge is 1.97. The average Bonchev–Trinajstić information content (AvgIpc) is 1.77. The number of hydrogen-bond donors (Lipinski definition) is 0. The van der Waals surface area contributed by atoms with E-state index in [9.17, 15) is 0 Å². The molecule has 2 heteroatoms. The van der Waals surface area contributed by atoms with Crippen molar-refractivity contribution in [2.24, 2.45) is 4.99 Å². The summed E-state index contributed by atoms with van der Waals surface area (Å²) in [5.74, 6) is 0.760. The van der Waals surface area contributed by atoms with Gasteiger partial charge in [0.15, 0.2) is 5.90 Å². The quantitative estimate of drug-likeness (QED) is 0.462. The van der Waals surface area contributed by atoms with Crippen LogP contribution in [0.2, 0.25) is 0 Å². The van der Waals surface area contributed by atoms with Gasteiger partial charge in [0.05, 0.1) is 0 Å². The molecule has 1 rings (SSSR count). The summed E-state index contributed by atoms with van der Waals surface area (Å²) in [6.45, 7) is 4.55. The predicted octanol–water partition coefficient (Wildman–Crippen LogP) is 1.34. The molecule has 44 valence electrons. The predicted molar refractivity (Wildman–Crippen MR) is 32.8 cm³/mol. The van der Waals surface area contributed by atoms with Crippen LogP contribution in [0.15, 0.2) is 16.8 Å². The van der Waals surface area contributed by atoms with E-state index < -0.39 is 0 Å². The SMILES string of the molecule is CC1=CN=C(C)OC1. The molecule has 0 saturated heterocycles. The Morgan fingerprint density at radius 3 is 2.75 bits per heavy atom. The van der Waals surface area contributed by atoms with Crippen molar-refractivity contribution in [1.29, 1.82) is 0 Å². The van der Waals surface area contributed by atoms with Crippen LogP contribution in [-0.4, -0.2) is 12.5 Å². The van der Waals surface area contributed by atoms with Gasteiger partial charge in [-0.1, -0.05) is 0 Å². The minimum absolute atomic E-state index is 0.704. The van der Waals surface area contributed by atoms with Gasteiger partial charge in [-0.15, -0.1) is 0 Å². The zero-order valence-electron chi connectivity index (χ0n) is 5.14. The van der Waals surface area contributed by atoms with E-state index in [2.05, 4.69) is 4.99 Å². The van der Waals surface area contributed by atoms with Gasteiger partial charge in [0.1, 0.15) is 6.61 Å². The minimum Gasteiger partial charge on any atom is -0.476 e. The van der Waals surface area contributed by atoms with Gasteiger partial charge in [0.25, 0.3) is 0 Å². The summed E-state index contributed by atoms with van der Waals surface area (Å²) in [4.78, 5) is 3.94. The molecular formula is C6H9NO. The Kier molecular flexibility index (Phi) is 1.33. The van der Waals surface area contributed by atoms with E-state index in [1.165, 1.54) is 5.57 Å². The smallest absolute Gasteiger partial charge is 0.184 e. The van der Waals surface area contributed by atoms with Gasteiger partial charge >= 0.3 is 0 Å². The van der Waals surface area contributed by atoms with Crippen LogP contribution in [-0.2, 0) is 4.74 Å². The summed E-state index contributed by atoms with van der Waals surface area (Å²) in [5.41, 5.74) is 1.18. The molecule has 1 aliphatic heterocycles. The highest BCUT2D eigenvalue weighted by atomic mass is 16.5. The molecule has 1 aliphatic rings. The van der Waals surface area contributed by atoms with Crippen molar-refractivity contribution in [2.75, 3.05) is 6.61 Å². The third kappa shape index (κ3) is 1.09. The second-order valence-corrected chi connectivity index (χ2v) is 1.91. The van der Waals surface area contributed by atoms with Crippen LogP contribution >= 0.6 is 0 Å². The van der Waals surface area contributed by atoms with Crippen LogP contribution in [0, 0.1) is 0 Å². The maximum Gasteiger partial charge on any atom is 0.184 e. The van der Waals surface area contributed by atoms with Crippen LogP contribution in [0.1, 0.15) is 13.8 Å². The summed E-state index contributed by atoms with van der Waals surface area (Å²) < 4.78 is 5.07. The van der Waals surface area contributed by atoms with Crippen molar-refractivity contribution < 1.29 is 4.74 Å². The summed E-state index contributed by atoms with van der Waals surface area (Å²) in [7, 11) is 0. The highest BCUT2D eigenvalue weighted by molar-refractivity contribution is 5.74. The van der Waals surface area contributed by atoms with Gasteiger partial charge in [-0.2, -0.15) is 0 Å². The number of hydrogen-bond acceptors (Lipinski definition) is 2. The van der Waals surface area contributed by atoms with E-state index in [1.807, 2.05) is 20.0 Å². The Balaban J connectivity index is 2.65. The molecular weight excluding hydrogens is 102 g/mol. The zero-order chi connectivity index (χ0) is 5.98. The second-order valence-electron chi connectivity index (χ2n) is 1.91. The molecule has 0 amide bonds. The van der Waals surface area contributed by atoms with Crippen LogP contribution in [0.5, 0.6) is 0 Å². The number of ether oxygens (including phenoxy) is 1. The van der Waals surface area contributed by atoms with Gasteiger partial charge in [0.2, 0.25) is 0 Å². The largest absolute Gasteiger partial charge is 0.476 e. The lowest BCUT2D eigenvalue weighted by Crippen LogP contribution is -2.05. The fraction of sp³-hybridized carbons (Fsp3) is 0.500. The molecule has 2 nitrogen and oxygen atoms in total. The Morgan fingerprint density at radius 1 is 1.62 bits per heavy atom. The first kappa shape index (κ1) is 5.35. The fourth-order valence-corrected chi connectivity index (χ4v) is 0.494. The summed E-state index contributed by atoms with van der Waals surface area (Å²) >= 11 is 0. The lowest BCUT2D eigenvalue weighted by molar-refractivity contribution is 0.330. The maximum atomic E-state index is 5.07. The first-order valence-corrected chi connectivity index (χ1v) is 2.62. The van der Waals surface area contributed by atoms with E-state index in [-0.39, 0.29) is 0 Å². The van der Waals surface area contributed by atoms with Crippen molar-refractivity contribution in [1.82, 2.24) is 0 Å². The molecule has 0 radical (unpaired) electrons. The molecule has 0 aromatic carbocycles. The molecule has 1 heterocycles. The van der Waals surface area contributed by atoms with Gasteiger partial charge in [0, 0.05) is 13.1 Å². The number of rotatable bonds is 0. The molecule has 0 N–H and O–H groups in total. The van der Waals surface area contributed by atoms with E-state index in [0.29, 0.717) is 6.61 Å². The zero-order valence-corrected chi connectivity index (χ0v) is 5.14. The second kappa shape index (κ2) is 1.99. The Labute approximate surface area is 48.9 Å². The molecule has 0 aliphatic carbocycles. The fourth-order valence-electron chi connectivity index (χ4n) is 0.494. The third-order valence-electron chi connectivity index (χ3n) is 0.975. The molecule has 0 fully saturated rings. The first-order valence-electron chi connectivity index (χ1n) is 2.62. The van der Waals surface area contributed by atoms with E-state index >= 15 is 0 Å². The van der Waals surface area contributed by atoms with Crippen LogP contribution < -0.4 is 0 Å². The minimum atomic E-state index is 0.704. The third-order valence-corrected chi connectivity index (χ3v) is 0.975. The average molecular weight is 111 g/mol. The lowest BCUT2D eigenvalue weighted by Gasteiger charge is -2.07. The van der Waals surface area contributed by atoms with Crippen molar-refractivity contribution in [3.63, 3.8) is 0 Å². The van der Waals surface area contributed by atoms with E-state index in [0.717, 1.165) is 5.90 Å². The van der Waals surface area contributed by atoms with Crippen molar-refractivity contribution in [3.8, 4) is 0 Å². The Hall–Kier alpha value is -0.790. The molecule has 0 bridgehead atoms. The lowest BCUT2D eigenvalue weighted by atomic mass is 10.3. The van der Waals surface area contributed by atoms with Gasteiger partial charge in [-0.05, 0) is 12.5 Å². The highest BCUT2D eigenvalue weighted by Crippen LogP contribution is 2.00. The summed E-state index contributed by atoms with van der Waals surface area (Å²) in [5, 5.41) is 0. The van der Waals surface area contributed by atoms with Crippen LogP contribution in [0.3, 0.4) is 0 Å². The molecule has 8 heavy (non-hydrogen) atoms. The molecule has 0 unspecified atom stereocenters. The first-order chi connectivity index (χ1) is 3.79. The molecule has 0 aromatic heterocycles. The van der Waals surface area contributed by atoms with E-state index in [4.69, 9.17) is 4.74 Å². The van der Waals surface area contributed by atoms with Gasteiger partial charge < -0.3 is 4.74 Å². The monoisotopic (exact) mass is 111 g/mol. The Bertz CT molecular complexity index is 129. The maximum absolute atomic E-state index is 5.07. The van der Waals surface area contributed by atoms with Gasteiger partial charge in [-0.3, -0.25) is 0 Å². The topological polar surface area (TPSA) is 21.6 Å². The summed E-state index contributed by atoms with van der Waals surface area (Å²) in [6, 6.07) is 0. The molecule has 0 aromatic rings. The normalized spacial score (nSPS) is 18.8. The van der Waals surface area contributed by atoms with Crippen molar-refractivity contribution >= 4 is 5.90 Å². The van der Waals surface area contributed by atoms with Crippen LogP contribution in [0.25, 0.3) is 0 Å². The standard InChI is InChI=1S/C6H9NO/c1-5-3-7-6(2)8-4-5/h3H,4H2,1-2H3. The number of aliphatic imine (C=N–C) groups is 1. The molecule has 0 atom stereocenters. The van der Waals surface area contributed by atoms with E-state index in [1.54, 1.807) is 0 Å². The van der Waals surface area contributed by atoms with Crippen molar-refractivity contribution in [3.05, 3.63) is 11.8 Å². The van der Waals surface area contributed by atoms with Crippen LogP contribution in [0.4, 0.5) is 0 Å².